The molecular formula is C16H21BrF2N2O4. The highest BCUT2D eigenvalue weighted by Crippen LogP contribution is 2.30. The van der Waals surface area contributed by atoms with Crippen molar-refractivity contribution in [2.75, 3.05) is 4.90 Å². The van der Waals surface area contributed by atoms with Crippen molar-refractivity contribution in [1.82, 2.24) is 4.98 Å². The second-order valence-corrected chi connectivity index (χ2v) is 8.02. The number of nitrogens with zero attached hydrogens (tertiary/aromatic N) is 2. The Bertz CT molecular complexity index is 627. The van der Waals surface area contributed by atoms with Gasteiger partial charge in [-0.2, -0.15) is 4.90 Å². The third-order valence-electron chi connectivity index (χ3n) is 2.49. The largest absolute Gasteiger partial charge is 0.443 e. The van der Waals surface area contributed by atoms with Gasteiger partial charge in [0.1, 0.15) is 17.0 Å². The number of anilines is 1. The van der Waals surface area contributed by atoms with Gasteiger partial charge in [-0.05, 0) is 63.5 Å². The molecule has 9 heteroatoms. The molecule has 0 aromatic carbocycles. The molecule has 1 rings (SSSR count). The number of aromatic nitrogens is 1. The lowest BCUT2D eigenvalue weighted by Gasteiger charge is -2.28. The van der Waals surface area contributed by atoms with E-state index in [0.29, 0.717) is 4.90 Å². The molecule has 0 fully saturated rings. The number of amides is 2. The number of ether oxygens (including phenoxy) is 2. The Balaban J connectivity index is 3.34. The van der Waals surface area contributed by atoms with E-state index in [0.717, 1.165) is 12.3 Å². The third kappa shape index (κ3) is 6.56. The lowest BCUT2D eigenvalue weighted by Crippen LogP contribution is -2.44. The Kier molecular flexibility index (Phi) is 6.50. The number of carbonyl (C=O) groups is 2. The van der Waals surface area contributed by atoms with Crippen LogP contribution in [0.5, 0.6) is 0 Å². The topological polar surface area (TPSA) is 68.7 Å². The zero-order valence-corrected chi connectivity index (χ0v) is 16.5. The minimum absolute atomic E-state index is 0.0552. The molecule has 0 radical (unpaired) electrons. The Morgan fingerprint density at radius 2 is 1.52 bits per heavy atom. The van der Waals surface area contributed by atoms with Crippen molar-refractivity contribution in [3.05, 3.63) is 22.3 Å². The van der Waals surface area contributed by atoms with E-state index in [4.69, 9.17) is 9.47 Å². The number of rotatable bonds is 2. The molecule has 0 saturated heterocycles. The highest BCUT2D eigenvalue weighted by atomic mass is 79.9. The minimum atomic E-state index is -2.82. The minimum Gasteiger partial charge on any atom is -0.443 e. The van der Waals surface area contributed by atoms with Crippen LogP contribution in [0.2, 0.25) is 0 Å². The lowest BCUT2D eigenvalue weighted by atomic mass is 10.2. The van der Waals surface area contributed by atoms with Gasteiger partial charge >= 0.3 is 12.2 Å². The zero-order valence-electron chi connectivity index (χ0n) is 14.9. The summed E-state index contributed by atoms with van der Waals surface area (Å²) in [6.45, 7) is 9.65. The summed E-state index contributed by atoms with van der Waals surface area (Å²) in [5, 5.41) is 0. The predicted octanol–water partition coefficient (Wildman–Crippen LogP) is 5.46. The maximum absolute atomic E-state index is 13.1. The van der Waals surface area contributed by atoms with Gasteiger partial charge in [0, 0.05) is 16.2 Å². The molecule has 0 saturated carbocycles. The van der Waals surface area contributed by atoms with E-state index >= 15 is 0 Å². The van der Waals surface area contributed by atoms with E-state index in [9.17, 15) is 18.4 Å². The van der Waals surface area contributed by atoms with Crippen LogP contribution >= 0.6 is 15.9 Å². The molecule has 0 aliphatic carbocycles. The Labute approximate surface area is 153 Å². The monoisotopic (exact) mass is 422 g/mol. The fraction of sp³-hybridized carbons (Fsp3) is 0.562. The number of carbonyl (C=O) groups excluding carboxylic acids is 2. The van der Waals surface area contributed by atoms with Gasteiger partial charge in [-0.15, -0.1) is 0 Å². The lowest BCUT2D eigenvalue weighted by molar-refractivity contribution is 0.0428. The van der Waals surface area contributed by atoms with Crippen molar-refractivity contribution in [3.8, 4) is 0 Å². The van der Waals surface area contributed by atoms with Gasteiger partial charge in [0.05, 0.1) is 0 Å². The maximum atomic E-state index is 13.1. The second-order valence-electron chi connectivity index (χ2n) is 7.16. The van der Waals surface area contributed by atoms with Gasteiger partial charge in [-0.1, -0.05) is 0 Å². The van der Waals surface area contributed by atoms with E-state index in [-0.39, 0.29) is 10.3 Å². The molecule has 1 aromatic heterocycles. The number of alkyl halides is 2. The normalized spacial score (nSPS) is 12.1. The Morgan fingerprint density at radius 3 is 1.88 bits per heavy atom. The molecule has 6 nitrogen and oxygen atoms in total. The first-order valence-electron chi connectivity index (χ1n) is 7.41. The molecule has 25 heavy (non-hydrogen) atoms. The average Bonchev–Trinajstić information content (AvgIpc) is 2.36. The molecule has 2 amide bonds. The first-order chi connectivity index (χ1) is 11.2. The van der Waals surface area contributed by atoms with Crippen LogP contribution < -0.4 is 4.90 Å². The van der Waals surface area contributed by atoms with Crippen LogP contribution in [-0.4, -0.2) is 28.4 Å². The van der Waals surface area contributed by atoms with Crippen LogP contribution in [0, 0.1) is 0 Å². The van der Waals surface area contributed by atoms with E-state index in [2.05, 4.69) is 20.9 Å². The van der Waals surface area contributed by atoms with Crippen molar-refractivity contribution in [2.45, 2.75) is 59.2 Å². The van der Waals surface area contributed by atoms with E-state index in [1.807, 2.05) is 0 Å². The SMILES string of the molecule is CC(C)(C)OC(=O)N(C(=O)OC(C)(C)C)c1cc(C(F)F)c(Br)cn1. The van der Waals surface area contributed by atoms with E-state index < -0.39 is 35.4 Å². The molecule has 0 bridgehead atoms. The number of imide groups is 1. The fourth-order valence-electron chi connectivity index (χ4n) is 1.61. The van der Waals surface area contributed by atoms with Gasteiger partial charge in [0.2, 0.25) is 0 Å². The van der Waals surface area contributed by atoms with Crippen LogP contribution in [-0.2, 0) is 9.47 Å². The molecule has 0 unspecified atom stereocenters. The Morgan fingerprint density at radius 1 is 1.08 bits per heavy atom. The molecule has 1 aromatic rings. The van der Waals surface area contributed by atoms with Crippen molar-refractivity contribution >= 4 is 33.9 Å². The summed E-state index contributed by atoms with van der Waals surface area (Å²) in [5.74, 6) is -0.318. The van der Waals surface area contributed by atoms with Gasteiger partial charge in [0.15, 0.2) is 0 Å². The van der Waals surface area contributed by atoms with Gasteiger partial charge < -0.3 is 9.47 Å². The van der Waals surface area contributed by atoms with E-state index in [1.165, 1.54) is 0 Å². The van der Waals surface area contributed by atoms with Crippen LogP contribution in [0.1, 0.15) is 53.5 Å². The molecule has 0 N–H and O–H groups in total. The van der Waals surface area contributed by atoms with Gasteiger partial charge in [-0.25, -0.2) is 23.4 Å². The standard InChI is InChI=1S/C16H21BrF2N2O4/c1-15(2,3)24-13(22)21(14(23)25-16(4,5)6)11-7-9(12(18)19)10(17)8-20-11/h7-8,12H,1-6H3. The van der Waals surface area contributed by atoms with Crippen LogP contribution in [0.4, 0.5) is 24.2 Å². The third-order valence-corrected chi connectivity index (χ3v) is 3.15. The maximum Gasteiger partial charge on any atom is 0.425 e. The molecule has 0 aliphatic heterocycles. The van der Waals surface area contributed by atoms with Crippen molar-refractivity contribution < 1.29 is 27.8 Å². The number of pyridine rings is 1. The van der Waals surface area contributed by atoms with Gasteiger partial charge in [-0.3, -0.25) is 0 Å². The summed E-state index contributed by atoms with van der Waals surface area (Å²) in [7, 11) is 0. The summed E-state index contributed by atoms with van der Waals surface area (Å²) in [6.07, 6.45) is -3.89. The average molecular weight is 423 g/mol. The van der Waals surface area contributed by atoms with Crippen molar-refractivity contribution in [2.24, 2.45) is 0 Å². The Hall–Kier alpha value is -1.77. The fourth-order valence-corrected chi connectivity index (χ4v) is 2.00. The molecule has 1 heterocycles. The summed E-state index contributed by atoms with van der Waals surface area (Å²) >= 11 is 2.96. The van der Waals surface area contributed by atoms with Crippen LogP contribution in [0.3, 0.4) is 0 Å². The molecular weight excluding hydrogens is 402 g/mol. The van der Waals surface area contributed by atoms with Crippen LogP contribution in [0.15, 0.2) is 16.7 Å². The first kappa shape index (κ1) is 21.3. The summed E-state index contributed by atoms with van der Waals surface area (Å²) in [5.41, 5.74) is -2.22. The molecule has 0 spiro atoms. The zero-order chi connectivity index (χ0) is 19.6. The van der Waals surface area contributed by atoms with Crippen LogP contribution in [0.25, 0.3) is 0 Å². The molecule has 140 valence electrons. The predicted molar refractivity (Wildman–Crippen MR) is 91.8 cm³/mol. The first-order valence-corrected chi connectivity index (χ1v) is 8.20. The highest BCUT2D eigenvalue weighted by molar-refractivity contribution is 9.10. The molecule has 0 atom stereocenters. The van der Waals surface area contributed by atoms with Crippen molar-refractivity contribution in [1.29, 1.82) is 0 Å². The van der Waals surface area contributed by atoms with Crippen molar-refractivity contribution in [3.63, 3.8) is 0 Å². The summed E-state index contributed by atoms with van der Waals surface area (Å²) in [4.78, 5) is 29.2. The second kappa shape index (κ2) is 7.63. The summed E-state index contributed by atoms with van der Waals surface area (Å²) in [6, 6.07) is 0.933. The molecule has 0 aliphatic rings. The number of halogens is 3. The highest BCUT2D eigenvalue weighted by Gasteiger charge is 2.34. The number of hydrogen-bond acceptors (Lipinski definition) is 5. The quantitative estimate of drug-likeness (QED) is 0.632. The van der Waals surface area contributed by atoms with E-state index in [1.54, 1.807) is 41.5 Å². The number of hydrogen-bond donors (Lipinski definition) is 0. The van der Waals surface area contributed by atoms with Gasteiger partial charge in [0.25, 0.3) is 6.43 Å². The summed E-state index contributed by atoms with van der Waals surface area (Å²) < 4.78 is 36.6. The smallest absolute Gasteiger partial charge is 0.425 e.